The van der Waals surface area contributed by atoms with E-state index in [0.29, 0.717) is 18.4 Å². The van der Waals surface area contributed by atoms with Crippen LogP contribution in [0.15, 0.2) is 28.0 Å². The van der Waals surface area contributed by atoms with E-state index in [2.05, 4.69) is 51.6 Å². The summed E-state index contributed by atoms with van der Waals surface area (Å²) in [6.07, 6.45) is 7.37. The monoisotopic (exact) mass is 486 g/mol. The highest BCUT2D eigenvalue weighted by molar-refractivity contribution is 14.0. The van der Waals surface area contributed by atoms with Crippen LogP contribution in [0.5, 0.6) is 0 Å². The van der Waals surface area contributed by atoms with E-state index in [9.17, 15) is 0 Å². The van der Waals surface area contributed by atoms with Crippen LogP contribution in [0.4, 0.5) is 0 Å². The van der Waals surface area contributed by atoms with Gasteiger partial charge in [-0.05, 0) is 24.8 Å². The molecule has 3 heterocycles. The third-order valence-corrected chi connectivity index (χ3v) is 5.30. The molecule has 1 N–H and O–H groups in total. The fraction of sp³-hybridized carbons (Fsp3) is 0.632. The highest BCUT2D eigenvalue weighted by atomic mass is 127. The zero-order chi connectivity index (χ0) is 18.5. The standard InChI is InChI=1S/C19H30N6O.HI/c1-5-14(6-2)18-9-17(26-23-18)11-21-19(20-3)25-8-7-15(13-25)16-10-22-24(4)12-16;/h9-10,12,14-15H,5-8,11,13H2,1-4H3,(H,20,21);1H. The molecular weight excluding hydrogens is 455 g/mol. The maximum absolute atomic E-state index is 5.50. The minimum atomic E-state index is 0. The van der Waals surface area contributed by atoms with Crippen LogP contribution in [0.25, 0.3) is 0 Å². The summed E-state index contributed by atoms with van der Waals surface area (Å²) >= 11 is 0. The van der Waals surface area contributed by atoms with Crippen molar-refractivity contribution in [3.63, 3.8) is 0 Å². The van der Waals surface area contributed by atoms with Gasteiger partial charge in [0.05, 0.1) is 18.4 Å². The number of aromatic nitrogens is 3. The van der Waals surface area contributed by atoms with E-state index in [1.807, 2.05) is 25.0 Å². The summed E-state index contributed by atoms with van der Waals surface area (Å²) in [4.78, 5) is 6.74. The number of aliphatic imine (C=N–C) groups is 1. The third-order valence-electron chi connectivity index (χ3n) is 5.30. The Hall–Kier alpha value is -1.58. The van der Waals surface area contributed by atoms with Gasteiger partial charge in [0.15, 0.2) is 11.7 Å². The molecule has 0 aromatic carbocycles. The Balaban J connectivity index is 0.00000261. The number of nitrogens with one attached hydrogen (secondary N) is 1. The number of nitrogens with zero attached hydrogens (tertiary/aromatic N) is 5. The van der Waals surface area contributed by atoms with Crippen molar-refractivity contribution in [3.05, 3.63) is 35.5 Å². The Kier molecular flexibility index (Phi) is 8.12. The molecule has 2 aromatic rings. The van der Waals surface area contributed by atoms with Crippen LogP contribution in [0.1, 0.15) is 62.0 Å². The summed E-state index contributed by atoms with van der Waals surface area (Å²) in [5, 5.41) is 11.9. The average Bonchev–Trinajstić information content (AvgIpc) is 3.38. The van der Waals surface area contributed by atoms with E-state index in [0.717, 1.165) is 49.8 Å². The number of likely N-dealkylation sites (tertiary alicyclic amines) is 1. The van der Waals surface area contributed by atoms with Gasteiger partial charge in [0.2, 0.25) is 0 Å². The van der Waals surface area contributed by atoms with Gasteiger partial charge in [-0.3, -0.25) is 9.67 Å². The molecule has 3 rings (SSSR count). The molecule has 8 heteroatoms. The molecule has 1 fully saturated rings. The van der Waals surface area contributed by atoms with Crippen LogP contribution in [0.3, 0.4) is 0 Å². The molecule has 150 valence electrons. The Bertz CT molecular complexity index is 736. The van der Waals surface area contributed by atoms with Gasteiger partial charge in [0.25, 0.3) is 0 Å². The van der Waals surface area contributed by atoms with Crippen molar-refractivity contribution < 1.29 is 4.52 Å². The molecule has 27 heavy (non-hydrogen) atoms. The molecular formula is C19H31IN6O. The van der Waals surface area contributed by atoms with Gasteiger partial charge >= 0.3 is 0 Å². The third kappa shape index (κ3) is 5.24. The molecule has 0 bridgehead atoms. The Morgan fingerprint density at radius 1 is 1.41 bits per heavy atom. The molecule has 1 saturated heterocycles. The molecule has 0 radical (unpaired) electrons. The van der Waals surface area contributed by atoms with E-state index < -0.39 is 0 Å². The molecule has 0 saturated carbocycles. The Morgan fingerprint density at radius 3 is 2.81 bits per heavy atom. The Labute approximate surface area is 178 Å². The number of halogens is 1. The van der Waals surface area contributed by atoms with Gasteiger partial charge < -0.3 is 14.7 Å². The second kappa shape index (κ2) is 10.1. The maximum atomic E-state index is 5.50. The van der Waals surface area contributed by atoms with E-state index in [1.165, 1.54) is 5.56 Å². The topological polar surface area (TPSA) is 71.5 Å². The first-order valence-electron chi connectivity index (χ1n) is 9.54. The summed E-state index contributed by atoms with van der Waals surface area (Å²) < 4.78 is 7.37. The van der Waals surface area contributed by atoms with Gasteiger partial charge in [0.1, 0.15) is 0 Å². The maximum Gasteiger partial charge on any atom is 0.194 e. The quantitative estimate of drug-likeness (QED) is 0.385. The first-order valence-corrected chi connectivity index (χ1v) is 9.54. The number of aryl methyl sites for hydroxylation is 1. The molecule has 1 aliphatic heterocycles. The van der Waals surface area contributed by atoms with Crippen molar-refractivity contribution in [3.8, 4) is 0 Å². The number of hydrogen-bond donors (Lipinski definition) is 1. The minimum Gasteiger partial charge on any atom is -0.359 e. The molecule has 0 spiro atoms. The predicted octanol–water partition coefficient (Wildman–Crippen LogP) is 3.49. The van der Waals surface area contributed by atoms with Crippen LogP contribution >= 0.6 is 24.0 Å². The van der Waals surface area contributed by atoms with Crippen LogP contribution in [-0.4, -0.2) is 45.9 Å². The number of guanidine groups is 1. The first-order chi connectivity index (χ1) is 12.6. The second-order valence-corrected chi connectivity index (χ2v) is 7.01. The summed E-state index contributed by atoms with van der Waals surface area (Å²) in [7, 11) is 3.79. The smallest absolute Gasteiger partial charge is 0.194 e. The molecule has 0 aliphatic carbocycles. The van der Waals surface area contributed by atoms with Crippen molar-refractivity contribution in [2.45, 2.75) is 51.5 Å². The highest BCUT2D eigenvalue weighted by Crippen LogP contribution is 2.27. The van der Waals surface area contributed by atoms with Crippen LogP contribution in [-0.2, 0) is 13.6 Å². The van der Waals surface area contributed by atoms with Crippen LogP contribution in [0, 0.1) is 0 Å². The van der Waals surface area contributed by atoms with Gasteiger partial charge in [-0.25, -0.2) is 0 Å². The van der Waals surface area contributed by atoms with E-state index >= 15 is 0 Å². The number of rotatable bonds is 6. The van der Waals surface area contributed by atoms with E-state index in [4.69, 9.17) is 4.52 Å². The molecule has 0 amide bonds. The van der Waals surface area contributed by atoms with Crippen molar-refractivity contribution in [1.29, 1.82) is 0 Å². The van der Waals surface area contributed by atoms with Crippen LogP contribution in [0.2, 0.25) is 0 Å². The first kappa shape index (κ1) is 21.7. The highest BCUT2D eigenvalue weighted by Gasteiger charge is 2.27. The normalized spacial score (nSPS) is 17.4. The molecule has 1 unspecified atom stereocenters. The van der Waals surface area contributed by atoms with E-state index in [1.54, 1.807) is 0 Å². The van der Waals surface area contributed by atoms with E-state index in [-0.39, 0.29) is 24.0 Å². The molecule has 1 atom stereocenters. The van der Waals surface area contributed by atoms with Gasteiger partial charge in [-0.15, -0.1) is 24.0 Å². The Morgan fingerprint density at radius 2 is 2.19 bits per heavy atom. The lowest BCUT2D eigenvalue weighted by atomic mass is 9.99. The fourth-order valence-corrected chi connectivity index (χ4v) is 3.69. The lowest BCUT2D eigenvalue weighted by Gasteiger charge is -2.21. The molecule has 7 nitrogen and oxygen atoms in total. The zero-order valence-electron chi connectivity index (χ0n) is 16.7. The number of hydrogen-bond acceptors (Lipinski definition) is 4. The zero-order valence-corrected chi connectivity index (χ0v) is 19.0. The minimum absolute atomic E-state index is 0. The summed E-state index contributed by atoms with van der Waals surface area (Å²) in [6, 6.07) is 2.07. The van der Waals surface area contributed by atoms with Crippen molar-refractivity contribution in [1.82, 2.24) is 25.2 Å². The summed E-state index contributed by atoms with van der Waals surface area (Å²) in [5.74, 6) is 2.76. The van der Waals surface area contributed by atoms with Crippen molar-refractivity contribution in [2.75, 3.05) is 20.1 Å². The van der Waals surface area contributed by atoms with Gasteiger partial charge in [-0.2, -0.15) is 5.10 Å². The molecule has 1 aliphatic rings. The lowest BCUT2D eigenvalue weighted by Crippen LogP contribution is -2.39. The largest absolute Gasteiger partial charge is 0.359 e. The fourth-order valence-electron chi connectivity index (χ4n) is 3.69. The summed E-state index contributed by atoms with van der Waals surface area (Å²) in [6.45, 7) is 6.94. The summed E-state index contributed by atoms with van der Waals surface area (Å²) in [5.41, 5.74) is 2.36. The van der Waals surface area contributed by atoms with Gasteiger partial charge in [-0.1, -0.05) is 19.0 Å². The van der Waals surface area contributed by atoms with Crippen molar-refractivity contribution in [2.24, 2.45) is 12.0 Å². The lowest BCUT2D eigenvalue weighted by molar-refractivity contribution is 0.365. The SMILES string of the molecule is CCC(CC)c1cc(CNC(=NC)N2CCC(c3cnn(C)c3)C2)on1.I. The average molecular weight is 486 g/mol. The predicted molar refractivity (Wildman–Crippen MR) is 118 cm³/mol. The van der Waals surface area contributed by atoms with Crippen LogP contribution < -0.4 is 5.32 Å². The second-order valence-electron chi connectivity index (χ2n) is 7.01. The van der Waals surface area contributed by atoms with Crippen molar-refractivity contribution >= 4 is 29.9 Å². The van der Waals surface area contributed by atoms with Gasteiger partial charge in [0, 0.05) is 51.3 Å². The molecule has 2 aromatic heterocycles.